The van der Waals surface area contributed by atoms with Gasteiger partial charge >= 0.3 is 10.2 Å². The first kappa shape index (κ1) is 10.1. The van der Waals surface area contributed by atoms with Crippen molar-refractivity contribution in [1.82, 2.24) is 5.27 Å². The number of halogens is 1. The van der Waals surface area contributed by atoms with Crippen molar-refractivity contribution in [3.8, 4) is 5.69 Å². The van der Waals surface area contributed by atoms with Crippen LogP contribution in [0, 0.1) is 0 Å². The smallest absolute Gasteiger partial charge is 0.391 e. The highest BCUT2D eigenvalue weighted by Gasteiger charge is 2.22. The molecule has 0 spiro atoms. The van der Waals surface area contributed by atoms with Crippen LogP contribution in [0.3, 0.4) is 0 Å². The van der Waals surface area contributed by atoms with Gasteiger partial charge in [-0.2, -0.15) is 0 Å². The highest BCUT2D eigenvalue weighted by Crippen LogP contribution is 2.09. The summed E-state index contributed by atoms with van der Waals surface area (Å²) in [5, 5.41) is 11.6. The minimum absolute atomic E-state index is 0.108. The summed E-state index contributed by atoms with van der Waals surface area (Å²) in [5.41, 5.74) is 0.862. The predicted molar refractivity (Wildman–Crippen MR) is 54.5 cm³/mol. The maximum absolute atomic E-state index is 11.1. The number of hydrogen-bond donors (Lipinski definition) is 2. The second-order valence-electron chi connectivity index (χ2n) is 2.89. The van der Waals surface area contributed by atoms with E-state index in [9.17, 15) is 4.79 Å². The number of nitrogens with zero attached hydrogens (tertiary/aromatic N) is 1. The molecular formula is C9H8BrN2O3+. The average Bonchev–Trinajstić information content (AvgIpc) is 2.60. The van der Waals surface area contributed by atoms with Crippen molar-refractivity contribution < 1.29 is 14.3 Å². The van der Waals surface area contributed by atoms with E-state index in [2.05, 4.69) is 25.7 Å². The Balaban J connectivity index is 2.63. The first-order valence-corrected chi connectivity index (χ1v) is 5.01. The van der Waals surface area contributed by atoms with E-state index in [1.807, 2.05) is 6.07 Å². The molecule has 2 rings (SSSR count). The number of aliphatic hydroxyl groups is 1. The molecule has 0 amide bonds. The molecular weight excluding hydrogens is 264 g/mol. The number of aromatic amines is 1. The van der Waals surface area contributed by atoms with Crippen LogP contribution in [-0.4, -0.2) is 10.4 Å². The largest absolute Gasteiger partial charge is 0.442 e. The van der Waals surface area contributed by atoms with Gasteiger partial charge in [-0.1, -0.05) is 12.1 Å². The Labute approximate surface area is 93.0 Å². The van der Waals surface area contributed by atoms with Crippen LogP contribution in [0.4, 0.5) is 0 Å². The Kier molecular flexibility index (Phi) is 2.70. The maximum atomic E-state index is 11.1. The Hall–Kier alpha value is -1.40. The van der Waals surface area contributed by atoms with E-state index in [4.69, 9.17) is 5.11 Å². The van der Waals surface area contributed by atoms with E-state index in [0.29, 0.717) is 11.3 Å². The van der Waals surface area contributed by atoms with Crippen molar-refractivity contribution in [2.75, 3.05) is 0 Å². The third-order valence-corrected chi connectivity index (χ3v) is 2.68. The Morgan fingerprint density at radius 2 is 2.20 bits per heavy atom. The average molecular weight is 272 g/mol. The number of aliphatic hydroxyl groups excluding tert-OH is 1. The van der Waals surface area contributed by atoms with Crippen molar-refractivity contribution in [2.24, 2.45) is 0 Å². The van der Waals surface area contributed by atoms with Crippen LogP contribution in [0.5, 0.6) is 0 Å². The van der Waals surface area contributed by atoms with Crippen molar-refractivity contribution in [2.45, 2.75) is 6.61 Å². The molecule has 0 aliphatic carbocycles. The monoisotopic (exact) mass is 271 g/mol. The fourth-order valence-electron chi connectivity index (χ4n) is 1.28. The molecule has 0 unspecified atom stereocenters. The Morgan fingerprint density at radius 1 is 1.47 bits per heavy atom. The molecule has 0 bridgehead atoms. The van der Waals surface area contributed by atoms with Gasteiger partial charge in [0, 0.05) is 22.0 Å². The van der Waals surface area contributed by atoms with E-state index >= 15 is 0 Å². The Morgan fingerprint density at radius 3 is 2.80 bits per heavy atom. The quantitative estimate of drug-likeness (QED) is 0.782. The molecule has 1 aromatic heterocycles. The summed E-state index contributed by atoms with van der Waals surface area (Å²) in [4.78, 5) is 11.1. The number of aromatic nitrogens is 2. The van der Waals surface area contributed by atoms with Gasteiger partial charge < -0.3 is 5.11 Å². The molecule has 0 fully saturated rings. The van der Waals surface area contributed by atoms with Crippen molar-refractivity contribution in [3.05, 3.63) is 44.9 Å². The molecule has 5 nitrogen and oxygen atoms in total. The predicted octanol–water partition coefficient (Wildman–Crippen LogP) is 0.499. The zero-order valence-corrected chi connectivity index (χ0v) is 9.19. The first-order valence-electron chi connectivity index (χ1n) is 4.22. The molecule has 0 saturated carbocycles. The molecule has 1 aromatic carbocycles. The van der Waals surface area contributed by atoms with Gasteiger partial charge in [0.25, 0.3) is 0 Å². The minimum Gasteiger partial charge on any atom is -0.391 e. The van der Waals surface area contributed by atoms with Gasteiger partial charge in [-0.05, 0) is 16.0 Å². The van der Waals surface area contributed by atoms with Crippen LogP contribution >= 0.6 is 15.9 Å². The molecule has 0 radical (unpaired) electrons. The van der Waals surface area contributed by atoms with Gasteiger partial charge in [-0.25, -0.2) is 4.79 Å². The van der Waals surface area contributed by atoms with Crippen molar-refractivity contribution >= 4 is 15.9 Å². The van der Waals surface area contributed by atoms with Crippen LogP contribution in [0.2, 0.25) is 0 Å². The minimum atomic E-state index is -0.497. The van der Waals surface area contributed by atoms with E-state index in [1.165, 1.54) is 4.68 Å². The zero-order valence-electron chi connectivity index (χ0n) is 7.61. The number of rotatable bonds is 2. The third-order valence-electron chi connectivity index (χ3n) is 2.00. The summed E-state index contributed by atoms with van der Waals surface area (Å²) in [6, 6.07) is 7.14. The van der Waals surface area contributed by atoms with Crippen LogP contribution in [-0.2, 0) is 6.61 Å². The van der Waals surface area contributed by atoms with Crippen molar-refractivity contribution in [1.29, 1.82) is 0 Å². The summed E-state index contributed by atoms with van der Waals surface area (Å²) in [5.74, 6) is 0. The van der Waals surface area contributed by atoms with Gasteiger partial charge in [0.05, 0.1) is 12.2 Å². The van der Waals surface area contributed by atoms with Gasteiger partial charge in [0.1, 0.15) is 0 Å². The third kappa shape index (κ3) is 1.73. The second kappa shape index (κ2) is 4.00. The van der Waals surface area contributed by atoms with Gasteiger partial charge in [-0.15, -0.1) is 0 Å². The number of nitrogens with one attached hydrogen (secondary N) is 1. The fourth-order valence-corrected chi connectivity index (χ4v) is 1.62. The normalized spacial score (nSPS) is 10.5. The number of H-pyrrole nitrogens is 1. The summed E-state index contributed by atoms with van der Waals surface area (Å²) in [6.45, 7) is -0.108. The zero-order chi connectivity index (χ0) is 10.8. The lowest BCUT2D eigenvalue weighted by atomic mass is 10.2. The molecule has 1 heterocycles. The standard InChI is InChI=1S/C9H7BrN2O3/c10-8-9(14)15-11-12(8)7-4-2-1-3-6(7)5-13/h1-4,13H,5H2/p+1. The van der Waals surface area contributed by atoms with Gasteiger partial charge in [0.2, 0.25) is 5.69 Å². The van der Waals surface area contributed by atoms with Gasteiger partial charge in [0.15, 0.2) is 0 Å². The fraction of sp³-hybridized carbons (Fsp3) is 0.111. The van der Waals surface area contributed by atoms with Crippen LogP contribution < -0.4 is 10.3 Å². The van der Waals surface area contributed by atoms with Crippen LogP contribution in [0.1, 0.15) is 5.56 Å². The summed E-state index contributed by atoms with van der Waals surface area (Å²) in [7, 11) is 0. The van der Waals surface area contributed by atoms with E-state index < -0.39 is 5.63 Å². The molecule has 6 heteroatoms. The molecule has 2 aromatic rings. The van der Waals surface area contributed by atoms with E-state index in [1.54, 1.807) is 18.2 Å². The molecule has 0 atom stereocenters. The topological polar surface area (TPSA) is 70.1 Å². The van der Waals surface area contributed by atoms with E-state index in [0.717, 1.165) is 0 Å². The van der Waals surface area contributed by atoms with Crippen LogP contribution in [0.15, 0.2) is 38.2 Å². The molecule has 0 aliphatic heterocycles. The number of para-hydroxylation sites is 1. The number of benzene rings is 1. The first-order chi connectivity index (χ1) is 7.24. The summed E-state index contributed by atoms with van der Waals surface area (Å²) >= 11 is 3.09. The lowest BCUT2D eigenvalue weighted by Crippen LogP contribution is -2.36. The highest BCUT2D eigenvalue weighted by atomic mass is 79.9. The van der Waals surface area contributed by atoms with E-state index in [-0.39, 0.29) is 11.2 Å². The van der Waals surface area contributed by atoms with Crippen LogP contribution in [0.25, 0.3) is 5.69 Å². The Bertz CT molecular complexity index is 532. The lowest BCUT2D eigenvalue weighted by molar-refractivity contribution is -0.681. The second-order valence-corrected chi connectivity index (χ2v) is 3.64. The lowest BCUT2D eigenvalue weighted by Gasteiger charge is -1.96. The molecule has 0 aliphatic rings. The molecule has 15 heavy (non-hydrogen) atoms. The summed E-state index contributed by atoms with van der Waals surface area (Å²) < 4.78 is 6.28. The van der Waals surface area contributed by atoms with Crippen molar-refractivity contribution in [3.63, 3.8) is 0 Å². The maximum Gasteiger partial charge on any atom is 0.442 e. The number of hydrogen-bond acceptors (Lipinski definition) is 3. The summed E-state index contributed by atoms with van der Waals surface area (Å²) in [6.07, 6.45) is 0. The molecule has 2 N–H and O–H groups in total. The molecule has 0 saturated heterocycles. The molecule has 78 valence electrons. The SMILES string of the molecule is O=c1o[nH][n+](-c2ccccc2CO)c1Br. The highest BCUT2D eigenvalue weighted by molar-refractivity contribution is 9.10. The van der Waals surface area contributed by atoms with Gasteiger partial charge in [-0.3, -0.25) is 4.52 Å².